The molecular formula is C20H22O. The fourth-order valence-corrected chi connectivity index (χ4v) is 3.06. The van der Waals surface area contributed by atoms with Crippen LogP contribution in [0.1, 0.15) is 40.3 Å². The first-order valence-corrected chi connectivity index (χ1v) is 7.75. The van der Waals surface area contributed by atoms with E-state index in [0.29, 0.717) is 6.42 Å². The molecule has 0 aromatic heterocycles. The van der Waals surface area contributed by atoms with E-state index in [1.807, 2.05) is 0 Å². The third-order valence-electron chi connectivity index (χ3n) is 4.37. The van der Waals surface area contributed by atoms with Crippen LogP contribution in [0, 0.1) is 0 Å². The lowest BCUT2D eigenvalue weighted by molar-refractivity contribution is 0.180. The summed E-state index contributed by atoms with van der Waals surface area (Å²) in [6, 6.07) is 15.6. The van der Waals surface area contributed by atoms with Crippen molar-refractivity contribution in [1.29, 1.82) is 0 Å². The van der Waals surface area contributed by atoms with E-state index in [9.17, 15) is 5.11 Å². The molecule has 0 heterocycles. The zero-order valence-corrected chi connectivity index (χ0v) is 12.4. The maximum atomic E-state index is 10.4. The molecule has 4 bridgehead atoms. The van der Waals surface area contributed by atoms with Crippen LogP contribution in [-0.2, 0) is 25.7 Å². The van der Waals surface area contributed by atoms with E-state index in [4.69, 9.17) is 0 Å². The average Bonchev–Trinajstić information content (AvgIpc) is 2.50. The predicted octanol–water partition coefficient (Wildman–Crippen LogP) is 4.18. The first kappa shape index (κ1) is 14.1. The number of rotatable bonds is 3. The van der Waals surface area contributed by atoms with Gasteiger partial charge >= 0.3 is 0 Å². The molecule has 6 rings (SSSR count). The molecule has 4 aliphatic carbocycles. The van der Waals surface area contributed by atoms with E-state index >= 15 is 0 Å². The van der Waals surface area contributed by atoms with Crippen molar-refractivity contribution in [3.05, 3.63) is 82.9 Å². The fraction of sp³-hybridized carbons (Fsp3) is 0.300. The molecule has 0 aliphatic heterocycles. The Morgan fingerprint density at radius 1 is 0.905 bits per heavy atom. The minimum absolute atomic E-state index is 0.429. The molecule has 1 atom stereocenters. The van der Waals surface area contributed by atoms with Crippen LogP contribution in [0.2, 0.25) is 0 Å². The Kier molecular flexibility index (Phi) is 4.21. The highest BCUT2D eigenvalue weighted by molar-refractivity contribution is 5.36. The Morgan fingerprint density at radius 2 is 1.48 bits per heavy atom. The lowest BCUT2D eigenvalue weighted by Crippen LogP contribution is -2.06. The molecule has 0 spiro atoms. The number of aliphatic hydroxyl groups excluding tert-OH is 1. The topological polar surface area (TPSA) is 20.2 Å². The Hall–Kier alpha value is -1.86. The monoisotopic (exact) mass is 278 g/mol. The van der Waals surface area contributed by atoms with Gasteiger partial charge in [-0.15, -0.1) is 6.58 Å². The van der Waals surface area contributed by atoms with Crippen molar-refractivity contribution in [2.45, 2.75) is 38.2 Å². The van der Waals surface area contributed by atoms with E-state index in [0.717, 1.165) is 31.2 Å². The molecule has 21 heavy (non-hydrogen) atoms. The van der Waals surface area contributed by atoms with Crippen molar-refractivity contribution in [2.75, 3.05) is 0 Å². The molecule has 0 saturated carbocycles. The van der Waals surface area contributed by atoms with Crippen molar-refractivity contribution >= 4 is 0 Å². The van der Waals surface area contributed by atoms with Gasteiger partial charge in [-0.05, 0) is 59.9 Å². The van der Waals surface area contributed by atoms with E-state index in [-0.39, 0.29) is 0 Å². The second-order valence-corrected chi connectivity index (χ2v) is 5.89. The number of hydrogen-bond donors (Lipinski definition) is 1. The lowest BCUT2D eigenvalue weighted by Gasteiger charge is -2.17. The molecule has 1 N–H and O–H groups in total. The van der Waals surface area contributed by atoms with Gasteiger partial charge in [0.25, 0.3) is 0 Å². The molecule has 108 valence electrons. The molecule has 2 aromatic carbocycles. The quantitative estimate of drug-likeness (QED) is 0.835. The highest BCUT2D eigenvalue weighted by atomic mass is 16.3. The van der Waals surface area contributed by atoms with E-state index in [1.54, 1.807) is 6.08 Å². The van der Waals surface area contributed by atoms with Gasteiger partial charge in [-0.3, -0.25) is 0 Å². The first-order chi connectivity index (χ1) is 10.3. The number of aliphatic hydroxyl groups is 1. The summed E-state index contributed by atoms with van der Waals surface area (Å²) >= 11 is 0. The Bertz CT molecular complexity index is 625. The third kappa shape index (κ3) is 3.25. The van der Waals surface area contributed by atoms with Gasteiger partial charge in [0.15, 0.2) is 0 Å². The molecule has 0 amide bonds. The van der Waals surface area contributed by atoms with Gasteiger partial charge in [0, 0.05) is 0 Å². The van der Waals surface area contributed by atoms with E-state index in [1.165, 1.54) is 22.3 Å². The van der Waals surface area contributed by atoms with Gasteiger partial charge < -0.3 is 5.11 Å². The summed E-state index contributed by atoms with van der Waals surface area (Å²) in [4.78, 5) is 0. The fourth-order valence-electron chi connectivity index (χ4n) is 3.06. The van der Waals surface area contributed by atoms with Crippen molar-refractivity contribution in [3.63, 3.8) is 0 Å². The summed E-state index contributed by atoms with van der Waals surface area (Å²) in [7, 11) is 0. The molecule has 0 saturated heterocycles. The summed E-state index contributed by atoms with van der Waals surface area (Å²) in [6.07, 6.45) is 6.05. The maximum absolute atomic E-state index is 10.4. The smallest absolute Gasteiger partial charge is 0.0827 e. The number of benzene rings is 2. The summed E-state index contributed by atoms with van der Waals surface area (Å²) in [5.74, 6) is 0. The molecule has 0 fully saturated rings. The highest BCUT2D eigenvalue weighted by Gasteiger charge is 2.13. The Labute approximate surface area is 127 Å². The van der Waals surface area contributed by atoms with Crippen molar-refractivity contribution in [3.8, 4) is 0 Å². The van der Waals surface area contributed by atoms with Crippen LogP contribution in [-0.4, -0.2) is 5.11 Å². The van der Waals surface area contributed by atoms with Crippen molar-refractivity contribution in [1.82, 2.24) is 0 Å². The molecule has 4 aliphatic rings. The van der Waals surface area contributed by atoms with E-state index in [2.05, 4.69) is 49.0 Å². The van der Waals surface area contributed by atoms with Crippen LogP contribution < -0.4 is 0 Å². The average molecular weight is 278 g/mol. The SMILES string of the molecule is C=CCC(O)c1cc2ccc1CCc1ccc(cc1)CC2. The van der Waals surface area contributed by atoms with Gasteiger partial charge in [0.05, 0.1) is 6.10 Å². The molecular weight excluding hydrogens is 256 g/mol. The van der Waals surface area contributed by atoms with Crippen LogP contribution >= 0.6 is 0 Å². The molecule has 2 aromatic rings. The number of hydrogen-bond acceptors (Lipinski definition) is 1. The van der Waals surface area contributed by atoms with Gasteiger partial charge in [-0.25, -0.2) is 0 Å². The largest absolute Gasteiger partial charge is 0.388 e. The summed E-state index contributed by atoms with van der Waals surface area (Å²) in [5, 5.41) is 10.4. The third-order valence-corrected chi connectivity index (χ3v) is 4.37. The summed E-state index contributed by atoms with van der Waals surface area (Å²) < 4.78 is 0. The van der Waals surface area contributed by atoms with Crippen molar-refractivity contribution in [2.24, 2.45) is 0 Å². The zero-order chi connectivity index (χ0) is 14.7. The van der Waals surface area contributed by atoms with Crippen LogP contribution in [0.25, 0.3) is 0 Å². The summed E-state index contributed by atoms with van der Waals surface area (Å²) in [5.41, 5.74) is 6.41. The second kappa shape index (κ2) is 6.28. The van der Waals surface area contributed by atoms with Crippen molar-refractivity contribution < 1.29 is 5.11 Å². The highest BCUT2D eigenvalue weighted by Crippen LogP contribution is 2.26. The minimum atomic E-state index is -0.429. The maximum Gasteiger partial charge on any atom is 0.0827 e. The van der Waals surface area contributed by atoms with Crippen LogP contribution in [0.15, 0.2) is 55.1 Å². The Balaban J connectivity index is 1.97. The van der Waals surface area contributed by atoms with E-state index < -0.39 is 6.10 Å². The predicted molar refractivity (Wildman–Crippen MR) is 87.5 cm³/mol. The molecule has 1 heteroatoms. The van der Waals surface area contributed by atoms with Gasteiger partial charge in [0.1, 0.15) is 0 Å². The molecule has 1 unspecified atom stereocenters. The molecule has 1 nitrogen and oxygen atoms in total. The van der Waals surface area contributed by atoms with Gasteiger partial charge in [-0.2, -0.15) is 0 Å². The second-order valence-electron chi connectivity index (χ2n) is 5.89. The summed E-state index contributed by atoms with van der Waals surface area (Å²) in [6.45, 7) is 3.74. The van der Waals surface area contributed by atoms with Crippen LogP contribution in [0.5, 0.6) is 0 Å². The van der Waals surface area contributed by atoms with Crippen LogP contribution in [0.3, 0.4) is 0 Å². The zero-order valence-electron chi connectivity index (χ0n) is 12.4. The molecule has 0 radical (unpaired) electrons. The normalized spacial score (nSPS) is 15.3. The van der Waals surface area contributed by atoms with Gasteiger partial charge in [-0.1, -0.05) is 48.5 Å². The first-order valence-electron chi connectivity index (χ1n) is 7.75. The standard InChI is InChI=1S/C20H22O/c1-2-3-20(21)19-14-17-9-8-15-4-6-16(7-5-15)10-12-18(19)13-11-17/h2,4-7,11,13-14,20-21H,1,3,8-10,12H2. The Morgan fingerprint density at radius 3 is 2.14 bits per heavy atom. The van der Waals surface area contributed by atoms with Gasteiger partial charge in [0.2, 0.25) is 0 Å². The lowest BCUT2D eigenvalue weighted by atomic mass is 9.90. The number of aryl methyl sites for hydroxylation is 4. The van der Waals surface area contributed by atoms with Crippen LogP contribution in [0.4, 0.5) is 0 Å². The minimum Gasteiger partial charge on any atom is -0.388 e.